The highest BCUT2D eigenvalue weighted by Gasteiger charge is 2.21. The highest BCUT2D eigenvalue weighted by atomic mass is 32.2. The smallest absolute Gasteiger partial charge is 0.256 e. The summed E-state index contributed by atoms with van der Waals surface area (Å²) < 4.78 is 0. The molecule has 0 bridgehead atoms. The van der Waals surface area contributed by atoms with Gasteiger partial charge in [0.25, 0.3) is 5.91 Å². The zero-order valence-electron chi connectivity index (χ0n) is 14.4. The van der Waals surface area contributed by atoms with Gasteiger partial charge in [0.15, 0.2) is 10.2 Å². The molecule has 0 radical (unpaired) electrons. The van der Waals surface area contributed by atoms with Gasteiger partial charge in [0, 0.05) is 18.6 Å². The van der Waals surface area contributed by atoms with E-state index in [4.69, 9.17) is 17.1 Å². The molecule has 0 fully saturated rings. The van der Waals surface area contributed by atoms with E-state index in [-0.39, 0.29) is 22.9 Å². The van der Waals surface area contributed by atoms with Gasteiger partial charge in [-0.25, -0.2) is 0 Å². The molecule has 132 valence electrons. The molecule has 0 aliphatic carbocycles. The summed E-state index contributed by atoms with van der Waals surface area (Å²) in [6.45, 7) is 5.55. The van der Waals surface area contributed by atoms with E-state index in [0.717, 1.165) is 30.2 Å². The summed E-state index contributed by atoms with van der Waals surface area (Å²) in [5, 5.41) is 0.386. The van der Waals surface area contributed by atoms with Gasteiger partial charge in [0.05, 0.1) is 5.92 Å². The summed E-state index contributed by atoms with van der Waals surface area (Å²) in [5.74, 6) is -0.0786. The van der Waals surface area contributed by atoms with Crippen molar-refractivity contribution < 1.29 is 14.4 Å². The second-order valence-corrected chi connectivity index (χ2v) is 7.37. The molecule has 1 rings (SSSR count). The molecule has 0 aliphatic rings. The Morgan fingerprint density at radius 1 is 1.29 bits per heavy atom. The molecule has 1 aromatic carbocycles. The Bertz CT molecular complexity index is 548. The van der Waals surface area contributed by atoms with Crippen LogP contribution >= 0.6 is 24.0 Å². The molecule has 0 aliphatic heterocycles. The van der Waals surface area contributed by atoms with Crippen LogP contribution in [0.4, 0.5) is 0 Å². The number of amides is 1. The number of thiocarbonyl (C=S) groups is 1. The summed E-state index contributed by atoms with van der Waals surface area (Å²) in [6.07, 6.45) is 2.47. The lowest BCUT2D eigenvalue weighted by molar-refractivity contribution is -0.131. The molecule has 24 heavy (non-hydrogen) atoms. The Morgan fingerprint density at radius 3 is 2.54 bits per heavy atom. The highest BCUT2D eigenvalue weighted by Crippen LogP contribution is 2.16. The maximum Gasteiger partial charge on any atom is 0.256 e. The van der Waals surface area contributed by atoms with Gasteiger partial charge in [-0.2, -0.15) is 5.48 Å². The number of hydroxylamine groups is 1. The molecule has 0 heterocycles. The fourth-order valence-corrected chi connectivity index (χ4v) is 3.04. The fourth-order valence-electron chi connectivity index (χ4n) is 2.18. The maximum absolute atomic E-state index is 12.4. The molecular formula is C18H25NO3S2. The Labute approximate surface area is 153 Å². The number of hydrogen-bond donors (Lipinski definition) is 1. The Balaban J connectivity index is 2.62. The summed E-state index contributed by atoms with van der Waals surface area (Å²) in [4.78, 5) is 28.9. The minimum atomic E-state index is -0.356. The quantitative estimate of drug-likeness (QED) is 0.557. The van der Waals surface area contributed by atoms with Crippen molar-refractivity contribution in [2.24, 2.45) is 11.8 Å². The molecule has 0 spiro atoms. The first-order chi connectivity index (χ1) is 11.4. The van der Waals surface area contributed by atoms with Crippen LogP contribution in [0.2, 0.25) is 0 Å². The van der Waals surface area contributed by atoms with Crippen molar-refractivity contribution in [1.82, 2.24) is 5.48 Å². The van der Waals surface area contributed by atoms with Gasteiger partial charge in [0.2, 0.25) is 0 Å². The molecule has 2 atom stereocenters. The van der Waals surface area contributed by atoms with Crippen molar-refractivity contribution in [3.8, 4) is 0 Å². The molecular weight excluding hydrogens is 342 g/mol. The van der Waals surface area contributed by atoms with Gasteiger partial charge >= 0.3 is 0 Å². The number of carbonyl (C=O) groups is 2. The van der Waals surface area contributed by atoms with Gasteiger partial charge < -0.3 is 4.84 Å². The van der Waals surface area contributed by atoms with Crippen molar-refractivity contribution in [2.75, 3.05) is 5.75 Å². The van der Waals surface area contributed by atoms with Crippen molar-refractivity contribution in [1.29, 1.82) is 0 Å². The summed E-state index contributed by atoms with van der Waals surface area (Å²) in [6, 6.07) is 9.72. The van der Waals surface area contributed by atoms with Crippen LogP contribution < -0.4 is 5.48 Å². The lowest BCUT2D eigenvalue weighted by Gasteiger charge is -2.18. The normalized spacial score (nSPS) is 13.0. The Morgan fingerprint density at radius 2 is 1.96 bits per heavy atom. The van der Waals surface area contributed by atoms with Crippen LogP contribution in [0, 0.1) is 11.8 Å². The Hall–Kier alpha value is -1.40. The Kier molecular flexibility index (Phi) is 9.64. The van der Waals surface area contributed by atoms with Gasteiger partial charge in [-0.15, -0.1) is 0 Å². The average Bonchev–Trinajstić information content (AvgIpc) is 2.57. The molecule has 0 saturated heterocycles. The van der Waals surface area contributed by atoms with Gasteiger partial charge in [-0.3, -0.25) is 9.59 Å². The van der Waals surface area contributed by atoms with Crippen molar-refractivity contribution >= 4 is 40.1 Å². The van der Waals surface area contributed by atoms with E-state index in [9.17, 15) is 9.59 Å². The van der Waals surface area contributed by atoms with Crippen molar-refractivity contribution in [3.63, 3.8) is 0 Å². The standard InChI is InChI=1S/C18H25NO3S2/c1-4-8-13(2)18(23)22-19-17(21)16(12-24-14(3)20)11-15-9-6-5-7-10-15/h5-7,9-10,13,16H,4,8,11-12H2,1-3H3,(H,19,21)/t13?,16-/m1/s1. The topological polar surface area (TPSA) is 55.4 Å². The zero-order valence-corrected chi connectivity index (χ0v) is 16.0. The summed E-state index contributed by atoms with van der Waals surface area (Å²) in [7, 11) is 0. The van der Waals surface area contributed by atoms with Crippen LogP contribution in [0.3, 0.4) is 0 Å². The van der Waals surface area contributed by atoms with Crippen molar-refractivity contribution in [2.45, 2.75) is 40.0 Å². The summed E-state index contributed by atoms with van der Waals surface area (Å²) >= 11 is 6.33. The largest absolute Gasteiger partial charge is 0.372 e. The first-order valence-electron chi connectivity index (χ1n) is 8.11. The van der Waals surface area contributed by atoms with Crippen LogP contribution in [0.5, 0.6) is 0 Å². The molecule has 0 saturated carbocycles. The van der Waals surface area contributed by atoms with E-state index in [0.29, 0.717) is 17.2 Å². The zero-order chi connectivity index (χ0) is 17.9. The maximum atomic E-state index is 12.4. The highest BCUT2D eigenvalue weighted by molar-refractivity contribution is 8.13. The van der Waals surface area contributed by atoms with Crippen LogP contribution in [0.15, 0.2) is 30.3 Å². The minimum absolute atomic E-state index is 0.00568. The molecule has 1 aromatic rings. The molecule has 6 heteroatoms. The fraction of sp³-hybridized carbons (Fsp3) is 0.500. The van der Waals surface area contributed by atoms with E-state index in [1.807, 2.05) is 37.3 Å². The number of rotatable bonds is 8. The van der Waals surface area contributed by atoms with Crippen LogP contribution in [0.25, 0.3) is 0 Å². The number of hydrogen-bond acceptors (Lipinski definition) is 5. The third-order valence-electron chi connectivity index (χ3n) is 3.56. The van der Waals surface area contributed by atoms with E-state index in [1.165, 1.54) is 6.92 Å². The van der Waals surface area contributed by atoms with Crippen LogP contribution in [-0.2, 0) is 20.8 Å². The monoisotopic (exact) mass is 367 g/mol. The second-order valence-electron chi connectivity index (χ2n) is 5.77. The first kappa shape index (κ1) is 20.6. The van der Waals surface area contributed by atoms with E-state index >= 15 is 0 Å². The number of carbonyl (C=O) groups excluding carboxylic acids is 2. The number of benzene rings is 1. The van der Waals surface area contributed by atoms with E-state index in [1.54, 1.807) is 0 Å². The molecule has 0 aromatic heterocycles. The van der Waals surface area contributed by atoms with Crippen LogP contribution in [-0.4, -0.2) is 21.8 Å². The first-order valence-corrected chi connectivity index (χ1v) is 9.51. The predicted octanol–water partition coefficient (Wildman–Crippen LogP) is 3.94. The molecule has 1 unspecified atom stereocenters. The number of thioether (sulfide) groups is 1. The third-order valence-corrected chi connectivity index (χ3v) is 5.02. The van der Waals surface area contributed by atoms with E-state index in [2.05, 4.69) is 12.4 Å². The second kappa shape index (κ2) is 11.2. The SMILES string of the molecule is CCCC(C)C(=S)ONC(=O)[C@@H](CSC(C)=O)Cc1ccccc1. The minimum Gasteiger partial charge on any atom is -0.372 e. The van der Waals surface area contributed by atoms with Gasteiger partial charge in [0.1, 0.15) is 0 Å². The van der Waals surface area contributed by atoms with Crippen molar-refractivity contribution in [3.05, 3.63) is 35.9 Å². The lowest BCUT2D eigenvalue weighted by Crippen LogP contribution is -2.36. The predicted molar refractivity (Wildman–Crippen MR) is 103 cm³/mol. The molecule has 4 nitrogen and oxygen atoms in total. The van der Waals surface area contributed by atoms with Gasteiger partial charge in [-0.1, -0.05) is 62.4 Å². The molecule has 1 amide bonds. The van der Waals surface area contributed by atoms with Crippen LogP contribution in [0.1, 0.15) is 39.2 Å². The third kappa shape index (κ3) is 7.93. The van der Waals surface area contributed by atoms with Gasteiger partial charge in [-0.05, 0) is 30.6 Å². The number of nitrogens with one attached hydrogen (secondary N) is 1. The lowest BCUT2D eigenvalue weighted by atomic mass is 10.0. The summed E-state index contributed by atoms with van der Waals surface area (Å²) in [5.41, 5.74) is 3.51. The molecule has 1 N–H and O–H groups in total. The average molecular weight is 368 g/mol. The van der Waals surface area contributed by atoms with E-state index < -0.39 is 0 Å².